The smallest absolute Gasteiger partial charge is 0.161 e. The van der Waals surface area contributed by atoms with E-state index in [-0.39, 0.29) is 17.5 Å². The van der Waals surface area contributed by atoms with Crippen LogP contribution >= 0.6 is 0 Å². The van der Waals surface area contributed by atoms with E-state index < -0.39 is 17.5 Å². The van der Waals surface area contributed by atoms with E-state index in [4.69, 9.17) is 5.73 Å². The predicted octanol–water partition coefficient (Wildman–Crippen LogP) is 3.11. The highest BCUT2D eigenvalue weighted by Gasteiger charge is 2.36. The van der Waals surface area contributed by atoms with Crippen LogP contribution in [-0.2, 0) is 13.1 Å². The highest BCUT2D eigenvalue weighted by atomic mass is 19.2. The molecule has 7 heteroatoms. The number of aromatic nitrogens is 2. The van der Waals surface area contributed by atoms with Gasteiger partial charge in [0.25, 0.3) is 0 Å². The summed E-state index contributed by atoms with van der Waals surface area (Å²) in [6, 6.07) is 1.59. The minimum atomic E-state index is -1.16. The number of imidazole rings is 1. The summed E-state index contributed by atoms with van der Waals surface area (Å²) in [7, 11) is 0. The Morgan fingerprint density at radius 2 is 1.88 bits per heavy atom. The van der Waals surface area contributed by atoms with Gasteiger partial charge in [0.15, 0.2) is 11.6 Å². The number of nitrogens with two attached hydrogens (primary N) is 1. The first kappa shape index (κ1) is 16.6. The van der Waals surface area contributed by atoms with Gasteiger partial charge in [-0.3, -0.25) is 4.90 Å². The average molecular weight is 350 g/mol. The van der Waals surface area contributed by atoms with Crippen LogP contribution in [0.1, 0.15) is 48.0 Å². The standard InChI is InChI=1S/C18H21F3N4/c1-9-23-17-7-25(8-18(17)24-9)10-2-3-11(16(22)4-10)12-5-14(20)15(21)6-13(12)19/h5-6,10-11,16H,2-4,7-8,22H2,1H3,(H,23,24)/t10-,11+,16-/m0/s1. The van der Waals surface area contributed by atoms with Crippen molar-refractivity contribution in [1.29, 1.82) is 0 Å². The van der Waals surface area contributed by atoms with Gasteiger partial charge in [0, 0.05) is 37.2 Å². The van der Waals surface area contributed by atoms with Crippen LogP contribution in [0.25, 0.3) is 0 Å². The van der Waals surface area contributed by atoms with Crippen molar-refractivity contribution in [2.24, 2.45) is 5.73 Å². The molecule has 1 aromatic heterocycles. The number of fused-ring (bicyclic) bond motifs is 1. The first-order valence-corrected chi connectivity index (χ1v) is 8.60. The summed E-state index contributed by atoms with van der Waals surface area (Å²) in [6.07, 6.45) is 2.21. The van der Waals surface area contributed by atoms with Crippen molar-refractivity contribution in [1.82, 2.24) is 14.9 Å². The summed E-state index contributed by atoms with van der Waals surface area (Å²) in [5.41, 5.74) is 8.72. The molecule has 1 fully saturated rings. The lowest BCUT2D eigenvalue weighted by atomic mass is 9.77. The highest BCUT2D eigenvalue weighted by Crippen LogP contribution is 2.38. The monoisotopic (exact) mass is 350 g/mol. The van der Waals surface area contributed by atoms with Gasteiger partial charge >= 0.3 is 0 Å². The molecule has 0 bridgehead atoms. The molecule has 0 saturated heterocycles. The van der Waals surface area contributed by atoms with Crippen molar-refractivity contribution in [2.75, 3.05) is 0 Å². The fraction of sp³-hybridized carbons (Fsp3) is 0.500. The molecule has 0 spiro atoms. The van der Waals surface area contributed by atoms with Gasteiger partial charge in [-0.2, -0.15) is 0 Å². The maximum atomic E-state index is 14.1. The van der Waals surface area contributed by atoms with E-state index in [1.54, 1.807) is 0 Å². The summed E-state index contributed by atoms with van der Waals surface area (Å²) in [6.45, 7) is 3.55. The maximum absolute atomic E-state index is 14.1. The number of aryl methyl sites for hydroxylation is 1. The van der Waals surface area contributed by atoms with Gasteiger partial charge in [-0.15, -0.1) is 0 Å². The van der Waals surface area contributed by atoms with Crippen molar-refractivity contribution < 1.29 is 13.2 Å². The fourth-order valence-electron chi connectivity index (χ4n) is 4.28. The van der Waals surface area contributed by atoms with Crippen LogP contribution in [-0.4, -0.2) is 27.0 Å². The van der Waals surface area contributed by atoms with Crippen molar-refractivity contribution in [3.63, 3.8) is 0 Å². The molecule has 1 saturated carbocycles. The van der Waals surface area contributed by atoms with Crippen LogP contribution in [0.4, 0.5) is 13.2 Å². The van der Waals surface area contributed by atoms with E-state index in [0.29, 0.717) is 24.9 Å². The van der Waals surface area contributed by atoms with Crippen molar-refractivity contribution >= 4 is 0 Å². The van der Waals surface area contributed by atoms with E-state index in [1.165, 1.54) is 0 Å². The van der Waals surface area contributed by atoms with Gasteiger partial charge in [0.2, 0.25) is 0 Å². The Morgan fingerprint density at radius 1 is 1.12 bits per heavy atom. The third-order valence-corrected chi connectivity index (χ3v) is 5.52. The zero-order valence-corrected chi connectivity index (χ0v) is 14.0. The Bertz CT molecular complexity index is 780. The Kier molecular flexibility index (Phi) is 4.08. The topological polar surface area (TPSA) is 57.9 Å². The van der Waals surface area contributed by atoms with E-state index in [2.05, 4.69) is 14.9 Å². The molecule has 0 radical (unpaired) electrons. The number of hydrogen-bond donors (Lipinski definition) is 2. The first-order valence-electron chi connectivity index (χ1n) is 8.60. The molecule has 25 heavy (non-hydrogen) atoms. The zero-order valence-electron chi connectivity index (χ0n) is 14.0. The molecule has 2 aliphatic rings. The van der Waals surface area contributed by atoms with Crippen LogP contribution in [0.3, 0.4) is 0 Å². The molecule has 3 atom stereocenters. The first-order chi connectivity index (χ1) is 11.9. The molecule has 3 N–H and O–H groups in total. The molecule has 4 nitrogen and oxygen atoms in total. The Labute approximate surface area is 144 Å². The number of benzene rings is 1. The van der Waals surface area contributed by atoms with Crippen LogP contribution in [0, 0.1) is 24.4 Å². The minimum Gasteiger partial charge on any atom is -0.345 e. The molecule has 0 unspecified atom stereocenters. The van der Waals surface area contributed by atoms with Crippen LogP contribution in [0.5, 0.6) is 0 Å². The molecule has 134 valence electrons. The van der Waals surface area contributed by atoms with Gasteiger partial charge in [-0.1, -0.05) is 0 Å². The van der Waals surface area contributed by atoms with E-state index in [9.17, 15) is 13.2 Å². The lowest BCUT2D eigenvalue weighted by molar-refractivity contribution is 0.135. The molecular weight excluding hydrogens is 329 g/mol. The zero-order chi connectivity index (χ0) is 17.7. The number of nitrogens with zero attached hydrogens (tertiary/aromatic N) is 2. The molecular formula is C18H21F3N4. The van der Waals surface area contributed by atoms with Gasteiger partial charge < -0.3 is 10.7 Å². The van der Waals surface area contributed by atoms with E-state index in [1.807, 2.05) is 6.92 Å². The highest BCUT2D eigenvalue weighted by molar-refractivity contribution is 5.26. The second-order valence-electron chi connectivity index (χ2n) is 7.18. The molecule has 1 aliphatic heterocycles. The summed E-state index contributed by atoms with van der Waals surface area (Å²) >= 11 is 0. The molecule has 0 amide bonds. The van der Waals surface area contributed by atoms with Crippen LogP contribution in [0.2, 0.25) is 0 Å². The fourth-order valence-corrected chi connectivity index (χ4v) is 4.28. The van der Waals surface area contributed by atoms with E-state index in [0.717, 1.165) is 42.8 Å². The lowest BCUT2D eigenvalue weighted by Gasteiger charge is -2.38. The summed E-state index contributed by atoms with van der Waals surface area (Å²) in [4.78, 5) is 10.1. The summed E-state index contributed by atoms with van der Waals surface area (Å²) < 4.78 is 40.7. The average Bonchev–Trinajstić information content (AvgIpc) is 3.08. The van der Waals surface area contributed by atoms with Crippen LogP contribution in [0.15, 0.2) is 12.1 Å². The molecule has 1 aromatic carbocycles. The number of nitrogens with one attached hydrogen (secondary N) is 1. The predicted molar refractivity (Wildman–Crippen MR) is 87.2 cm³/mol. The SMILES string of the molecule is Cc1nc2c([nH]1)CN([C@H]1CC[C@H](c3cc(F)c(F)cc3F)[C@@H](N)C1)C2. The maximum Gasteiger partial charge on any atom is 0.161 e. The third kappa shape index (κ3) is 2.95. The van der Waals surface area contributed by atoms with Crippen molar-refractivity contribution in [3.05, 3.63) is 52.4 Å². The third-order valence-electron chi connectivity index (χ3n) is 5.52. The molecule has 1 aliphatic carbocycles. The number of halogens is 3. The van der Waals surface area contributed by atoms with Crippen molar-refractivity contribution in [3.8, 4) is 0 Å². The van der Waals surface area contributed by atoms with Crippen LogP contribution < -0.4 is 5.73 Å². The summed E-state index contributed by atoms with van der Waals surface area (Å²) in [5.74, 6) is -2.26. The number of H-pyrrole nitrogens is 1. The largest absolute Gasteiger partial charge is 0.345 e. The number of rotatable bonds is 2. The molecule has 2 heterocycles. The van der Waals surface area contributed by atoms with Gasteiger partial charge in [0.05, 0.1) is 11.4 Å². The van der Waals surface area contributed by atoms with Crippen molar-refractivity contribution in [2.45, 2.75) is 57.3 Å². The Morgan fingerprint density at radius 3 is 2.60 bits per heavy atom. The van der Waals surface area contributed by atoms with E-state index >= 15 is 0 Å². The summed E-state index contributed by atoms with van der Waals surface area (Å²) in [5, 5.41) is 0. The lowest BCUT2D eigenvalue weighted by Crippen LogP contribution is -2.44. The normalized spacial score (nSPS) is 26.8. The minimum absolute atomic E-state index is 0.189. The Hall–Kier alpha value is -1.86. The van der Waals surface area contributed by atoms with Gasteiger partial charge in [0.1, 0.15) is 11.6 Å². The number of hydrogen-bond acceptors (Lipinski definition) is 3. The van der Waals surface area contributed by atoms with Gasteiger partial charge in [-0.05, 0) is 37.8 Å². The molecule has 4 rings (SSSR count). The van der Waals surface area contributed by atoms with Gasteiger partial charge in [-0.25, -0.2) is 18.2 Å². The second-order valence-corrected chi connectivity index (χ2v) is 7.18. The second kappa shape index (κ2) is 6.14. The number of aromatic amines is 1. The molecule has 2 aromatic rings. The Balaban J connectivity index is 1.46. The quantitative estimate of drug-likeness (QED) is 0.818.